The van der Waals surface area contributed by atoms with Crippen molar-refractivity contribution in [3.8, 4) is 12.1 Å². The van der Waals surface area contributed by atoms with Crippen LogP contribution in [0.25, 0.3) is 0 Å². The summed E-state index contributed by atoms with van der Waals surface area (Å²) >= 11 is 0. The van der Waals surface area contributed by atoms with Crippen molar-refractivity contribution in [1.29, 1.82) is 10.5 Å². The molecule has 0 spiro atoms. The Kier molecular flexibility index (Phi) is 12.3. The highest BCUT2D eigenvalue weighted by atomic mass is 16.5. The zero-order valence-corrected chi connectivity index (χ0v) is 23.3. The predicted molar refractivity (Wildman–Crippen MR) is 157 cm³/mol. The minimum Gasteiger partial charge on any atom is -0.370 e. The van der Waals surface area contributed by atoms with Crippen LogP contribution in [-0.4, -0.2) is 49.5 Å². The number of ether oxygens (including phenoxy) is 3. The van der Waals surface area contributed by atoms with Crippen LogP contribution < -0.4 is 16.4 Å². The number of benzene rings is 3. The van der Waals surface area contributed by atoms with Gasteiger partial charge in [0.05, 0.1) is 68.4 Å². The van der Waals surface area contributed by atoms with Crippen LogP contribution in [0, 0.1) is 22.7 Å². The molecular formula is C33H39N5O3. The Morgan fingerprint density at radius 1 is 0.561 bits per heavy atom. The quantitative estimate of drug-likeness (QED) is 0.243. The first-order chi connectivity index (χ1) is 20.2. The lowest BCUT2D eigenvalue weighted by Crippen LogP contribution is -2.74. The van der Waals surface area contributed by atoms with E-state index >= 15 is 0 Å². The average Bonchev–Trinajstić information content (AvgIpc) is 3.02. The third kappa shape index (κ3) is 8.94. The molecule has 4 rings (SSSR count). The van der Waals surface area contributed by atoms with Gasteiger partial charge in [0.2, 0.25) is 0 Å². The Hall–Kier alpha value is -3.60. The minimum atomic E-state index is -0.516. The van der Waals surface area contributed by atoms with Gasteiger partial charge in [0, 0.05) is 25.9 Å². The van der Waals surface area contributed by atoms with E-state index < -0.39 is 24.4 Å². The topological polar surface area (TPSA) is 125 Å². The molecule has 8 heteroatoms. The van der Waals surface area contributed by atoms with E-state index in [2.05, 4.69) is 22.8 Å². The summed E-state index contributed by atoms with van der Waals surface area (Å²) in [7, 11) is 0. The van der Waals surface area contributed by atoms with Gasteiger partial charge in [0.1, 0.15) is 0 Å². The van der Waals surface area contributed by atoms with Crippen molar-refractivity contribution in [3.63, 3.8) is 0 Å². The summed E-state index contributed by atoms with van der Waals surface area (Å²) in [6, 6.07) is 33.2. The molecule has 0 saturated heterocycles. The van der Waals surface area contributed by atoms with Crippen LogP contribution in [0.3, 0.4) is 0 Å². The van der Waals surface area contributed by atoms with Gasteiger partial charge in [0.15, 0.2) is 0 Å². The van der Waals surface area contributed by atoms with Crippen LogP contribution in [0.2, 0.25) is 0 Å². The maximum Gasteiger partial charge on any atom is 0.0937 e. The summed E-state index contributed by atoms with van der Waals surface area (Å²) in [6.07, 6.45) is -0.686. The van der Waals surface area contributed by atoms with Crippen LogP contribution in [0.5, 0.6) is 0 Å². The van der Waals surface area contributed by atoms with Gasteiger partial charge in [-0.3, -0.25) is 0 Å². The van der Waals surface area contributed by atoms with Crippen molar-refractivity contribution in [1.82, 2.24) is 10.6 Å². The third-order valence-corrected chi connectivity index (χ3v) is 7.26. The summed E-state index contributed by atoms with van der Waals surface area (Å²) < 4.78 is 19.8. The van der Waals surface area contributed by atoms with Gasteiger partial charge in [-0.2, -0.15) is 10.5 Å². The first kappa shape index (κ1) is 30.4. The maximum absolute atomic E-state index is 9.26. The molecule has 8 nitrogen and oxygen atoms in total. The lowest BCUT2D eigenvalue weighted by atomic mass is 9.79. The molecule has 1 fully saturated rings. The number of nitriles is 2. The first-order valence-electron chi connectivity index (χ1n) is 14.1. The molecule has 0 radical (unpaired) electrons. The van der Waals surface area contributed by atoms with E-state index in [1.54, 1.807) is 0 Å². The fourth-order valence-electron chi connectivity index (χ4n) is 5.25. The summed E-state index contributed by atoms with van der Waals surface area (Å²) in [5, 5.41) is 25.6. The predicted octanol–water partition coefficient (Wildman–Crippen LogP) is 3.83. The normalized spacial score (nSPS) is 23.9. The summed E-state index contributed by atoms with van der Waals surface area (Å²) in [5.74, 6) is 0. The molecule has 1 aliphatic carbocycles. The molecule has 0 aromatic heterocycles. The number of hydrogen-bond acceptors (Lipinski definition) is 8. The van der Waals surface area contributed by atoms with Gasteiger partial charge in [-0.1, -0.05) is 91.0 Å². The van der Waals surface area contributed by atoms with Gasteiger partial charge in [-0.15, -0.1) is 0 Å². The van der Waals surface area contributed by atoms with Gasteiger partial charge >= 0.3 is 0 Å². The molecule has 4 N–H and O–H groups in total. The second-order valence-electron chi connectivity index (χ2n) is 10.1. The van der Waals surface area contributed by atoms with Crippen molar-refractivity contribution < 1.29 is 14.2 Å². The van der Waals surface area contributed by atoms with Gasteiger partial charge in [-0.05, 0) is 16.7 Å². The third-order valence-electron chi connectivity index (χ3n) is 7.26. The van der Waals surface area contributed by atoms with Gasteiger partial charge < -0.3 is 30.6 Å². The molecule has 214 valence electrons. The lowest BCUT2D eigenvalue weighted by Gasteiger charge is -2.50. The SMILES string of the molecule is N#CCCNC1C(OCc2ccccc2)C(N)C(OCc2ccccc2)C(NCCC#N)C1OCc1ccccc1. The molecule has 1 aliphatic rings. The largest absolute Gasteiger partial charge is 0.370 e. The van der Waals surface area contributed by atoms with Crippen molar-refractivity contribution >= 4 is 0 Å². The molecule has 4 unspecified atom stereocenters. The van der Waals surface area contributed by atoms with E-state index in [1.807, 2.05) is 91.0 Å². The number of nitrogens with zero attached hydrogens (tertiary/aromatic N) is 2. The van der Waals surface area contributed by atoms with Crippen molar-refractivity contribution in [2.75, 3.05) is 13.1 Å². The summed E-state index contributed by atoms with van der Waals surface area (Å²) in [4.78, 5) is 0. The van der Waals surface area contributed by atoms with Crippen LogP contribution in [0.15, 0.2) is 91.0 Å². The second-order valence-corrected chi connectivity index (χ2v) is 10.1. The van der Waals surface area contributed by atoms with E-state index in [0.717, 1.165) is 16.7 Å². The molecule has 0 amide bonds. The van der Waals surface area contributed by atoms with Crippen LogP contribution in [-0.2, 0) is 34.0 Å². The number of nitrogens with two attached hydrogens (primary N) is 1. The smallest absolute Gasteiger partial charge is 0.0937 e. The van der Waals surface area contributed by atoms with Gasteiger partial charge in [-0.25, -0.2) is 0 Å². The van der Waals surface area contributed by atoms with Crippen molar-refractivity contribution in [3.05, 3.63) is 108 Å². The van der Waals surface area contributed by atoms with Crippen molar-refractivity contribution in [2.45, 2.75) is 69.1 Å². The number of hydrogen-bond donors (Lipinski definition) is 3. The highest BCUT2D eigenvalue weighted by molar-refractivity contribution is 5.17. The number of rotatable bonds is 15. The summed E-state index contributed by atoms with van der Waals surface area (Å²) in [5.41, 5.74) is 10.1. The standard InChI is InChI=1S/C33H39N5O3/c34-18-10-20-37-29-31(39-22-25-12-4-1-5-13-25)28(36)32(40-23-26-14-6-2-7-15-26)30(38-21-11-19-35)33(29)41-24-27-16-8-3-9-17-27/h1-9,12-17,28-33,37-38H,10-11,20-24,36H2. The zero-order valence-electron chi connectivity index (χ0n) is 23.3. The second kappa shape index (κ2) is 16.6. The molecule has 3 aromatic rings. The Morgan fingerprint density at radius 3 is 1.24 bits per heavy atom. The molecule has 3 aromatic carbocycles. The van der Waals surface area contributed by atoms with Gasteiger partial charge in [0.25, 0.3) is 0 Å². The van der Waals surface area contributed by atoms with Crippen LogP contribution in [0.4, 0.5) is 0 Å². The number of nitrogens with one attached hydrogen (secondary N) is 2. The van der Waals surface area contributed by atoms with E-state index in [1.165, 1.54) is 0 Å². The van der Waals surface area contributed by atoms with E-state index in [0.29, 0.717) is 45.8 Å². The molecular weight excluding hydrogens is 514 g/mol. The lowest BCUT2D eigenvalue weighted by molar-refractivity contribution is -0.157. The molecule has 1 saturated carbocycles. The Bertz CT molecular complexity index is 1160. The zero-order chi connectivity index (χ0) is 28.7. The highest BCUT2D eigenvalue weighted by Crippen LogP contribution is 2.29. The monoisotopic (exact) mass is 553 g/mol. The van der Waals surface area contributed by atoms with E-state index in [-0.39, 0.29) is 12.1 Å². The Balaban J connectivity index is 1.65. The maximum atomic E-state index is 9.26. The minimum absolute atomic E-state index is 0.332. The van der Waals surface area contributed by atoms with E-state index in [4.69, 9.17) is 19.9 Å². The molecule has 0 bridgehead atoms. The Labute approximate surface area is 243 Å². The van der Waals surface area contributed by atoms with E-state index in [9.17, 15) is 10.5 Å². The highest BCUT2D eigenvalue weighted by Gasteiger charge is 2.51. The average molecular weight is 554 g/mol. The Morgan fingerprint density at radius 2 is 0.902 bits per heavy atom. The van der Waals surface area contributed by atoms with Crippen LogP contribution >= 0.6 is 0 Å². The first-order valence-corrected chi connectivity index (χ1v) is 14.1. The van der Waals surface area contributed by atoms with Crippen LogP contribution in [0.1, 0.15) is 29.5 Å². The molecule has 4 atom stereocenters. The fraction of sp³-hybridized carbons (Fsp3) is 0.394. The molecule has 41 heavy (non-hydrogen) atoms. The molecule has 0 aliphatic heterocycles. The van der Waals surface area contributed by atoms with Crippen molar-refractivity contribution in [2.24, 2.45) is 5.73 Å². The molecule has 0 heterocycles. The summed E-state index contributed by atoms with van der Waals surface area (Å²) in [6.45, 7) is 2.05. The fourth-order valence-corrected chi connectivity index (χ4v) is 5.25.